The molecule has 0 spiro atoms. The van der Waals surface area contributed by atoms with Crippen LogP contribution in [0.5, 0.6) is 0 Å². The van der Waals surface area contributed by atoms with E-state index in [0.29, 0.717) is 6.04 Å². The highest BCUT2D eigenvalue weighted by molar-refractivity contribution is 9.10. The van der Waals surface area contributed by atoms with Gasteiger partial charge in [0.25, 0.3) is 0 Å². The van der Waals surface area contributed by atoms with Crippen molar-refractivity contribution in [1.29, 1.82) is 0 Å². The maximum atomic E-state index is 3.87. The summed E-state index contributed by atoms with van der Waals surface area (Å²) in [5, 5.41) is 3.87. The zero-order valence-corrected chi connectivity index (χ0v) is 12.9. The molecule has 0 bridgehead atoms. The molecule has 1 fully saturated rings. The molecule has 2 heteroatoms. The molecule has 1 aromatic carbocycles. The zero-order chi connectivity index (χ0) is 12.8. The molecule has 100 valence electrons. The minimum absolute atomic E-state index is 0.515. The standard InChI is InChI=1S/C16H24BrN/c1-2-16(13-9-11-14(17)12-10-13)18-15-7-5-3-4-6-8-15/h9-12,15-16,18H,2-8H2,1H3. The highest BCUT2D eigenvalue weighted by atomic mass is 79.9. The van der Waals surface area contributed by atoms with Crippen LogP contribution in [0, 0.1) is 0 Å². The maximum absolute atomic E-state index is 3.87. The Balaban J connectivity index is 1.97. The lowest BCUT2D eigenvalue weighted by Crippen LogP contribution is -2.32. The summed E-state index contributed by atoms with van der Waals surface area (Å²) in [6, 6.07) is 10.0. The van der Waals surface area contributed by atoms with Gasteiger partial charge >= 0.3 is 0 Å². The molecule has 0 aliphatic heterocycles. The van der Waals surface area contributed by atoms with E-state index in [1.54, 1.807) is 0 Å². The van der Waals surface area contributed by atoms with Crippen molar-refractivity contribution < 1.29 is 0 Å². The molecule has 1 atom stereocenters. The zero-order valence-electron chi connectivity index (χ0n) is 11.3. The fourth-order valence-electron chi connectivity index (χ4n) is 2.88. The van der Waals surface area contributed by atoms with Gasteiger partial charge in [0.05, 0.1) is 0 Å². The van der Waals surface area contributed by atoms with Gasteiger partial charge in [0.1, 0.15) is 0 Å². The summed E-state index contributed by atoms with van der Waals surface area (Å²) in [4.78, 5) is 0. The first kappa shape index (κ1) is 14.1. The van der Waals surface area contributed by atoms with Crippen molar-refractivity contribution in [1.82, 2.24) is 5.32 Å². The minimum Gasteiger partial charge on any atom is -0.307 e. The van der Waals surface area contributed by atoms with Gasteiger partial charge in [0.15, 0.2) is 0 Å². The van der Waals surface area contributed by atoms with Gasteiger partial charge in [-0.05, 0) is 37.0 Å². The molecule has 0 heterocycles. The molecule has 1 N–H and O–H groups in total. The Morgan fingerprint density at radius 2 is 1.72 bits per heavy atom. The Morgan fingerprint density at radius 3 is 2.28 bits per heavy atom. The first-order valence-corrected chi connectivity index (χ1v) is 8.10. The van der Waals surface area contributed by atoms with E-state index < -0.39 is 0 Å². The lowest BCUT2D eigenvalue weighted by atomic mass is 10.0. The Hall–Kier alpha value is -0.340. The normalized spacial score (nSPS) is 19.4. The molecule has 0 amide bonds. The molecule has 1 unspecified atom stereocenters. The van der Waals surface area contributed by atoms with E-state index in [2.05, 4.69) is 52.4 Å². The molecule has 1 saturated carbocycles. The second-order valence-corrected chi connectivity index (χ2v) is 6.28. The predicted octanol–water partition coefficient (Wildman–Crippen LogP) is 5.21. The SMILES string of the molecule is CCC(NC1CCCCCC1)c1ccc(Br)cc1. The van der Waals surface area contributed by atoms with E-state index in [1.165, 1.54) is 44.1 Å². The average molecular weight is 310 g/mol. The van der Waals surface area contributed by atoms with Crippen LogP contribution in [0.3, 0.4) is 0 Å². The molecular formula is C16H24BrN. The summed E-state index contributed by atoms with van der Waals surface area (Å²) in [6.07, 6.45) is 9.52. The van der Waals surface area contributed by atoms with E-state index >= 15 is 0 Å². The van der Waals surface area contributed by atoms with Crippen LogP contribution in [0.25, 0.3) is 0 Å². The highest BCUT2D eigenvalue weighted by Crippen LogP contribution is 2.24. The monoisotopic (exact) mass is 309 g/mol. The molecule has 2 rings (SSSR count). The molecule has 18 heavy (non-hydrogen) atoms. The summed E-state index contributed by atoms with van der Waals surface area (Å²) in [5.41, 5.74) is 1.42. The molecule has 1 nitrogen and oxygen atoms in total. The summed E-state index contributed by atoms with van der Waals surface area (Å²) in [6.45, 7) is 2.27. The topological polar surface area (TPSA) is 12.0 Å². The van der Waals surface area contributed by atoms with Crippen molar-refractivity contribution in [2.45, 2.75) is 64.0 Å². The van der Waals surface area contributed by atoms with Crippen LogP contribution in [0.1, 0.15) is 63.5 Å². The number of rotatable bonds is 4. The second kappa shape index (κ2) is 7.30. The van der Waals surface area contributed by atoms with E-state index in [9.17, 15) is 0 Å². The summed E-state index contributed by atoms with van der Waals surface area (Å²) in [7, 11) is 0. The lowest BCUT2D eigenvalue weighted by molar-refractivity contribution is 0.392. The Labute approximate surface area is 119 Å². The van der Waals surface area contributed by atoms with Crippen LogP contribution in [0.15, 0.2) is 28.7 Å². The van der Waals surface area contributed by atoms with Crippen LogP contribution in [0.2, 0.25) is 0 Å². The predicted molar refractivity (Wildman–Crippen MR) is 81.8 cm³/mol. The van der Waals surface area contributed by atoms with Crippen molar-refractivity contribution in [3.05, 3.63) is 34.3 Å². The lowest BCUT2D eigenvalue weighted by Gasteiger charge is -2.24. The molecule has 1 aliphatic rings. The van der Waals surface area contributed by atoms with E-state index in [4.69, 9.17) is 0 Å². The van der Waals surface area contributed by atoms with Crippen molar-refractivity contribution in [3.63, 3.8) is 0 Å². The van der Waals surface area contributed by atoms with E-state index in [1.807, 2.05) is 0 Å². The molecule has 0 aromatic heterocycles. The Morgan fingerprint density at radius 1 is 1.11 bits per heavy atom. The van der Waals surface area contributed by atoms with Gasteiger partial charge in [-0.3, -0.25) is 0 Å². The van der Waals surface area contributed by atoms with Crippen molar-refractivity contribution in [3.8, 4) is 0 Å². The third-order valence-electron chi connectivity index (χ3n) is 3.97. The van der Waals surface area contributed by atoms with Crippen LogP contribution in [-0.4, -0.2) is 6.04 Å². The third kappa shape index (κ3) is 4.10. The number of nitrogens with one attached hydrogen (secondary N) is 1. The first-order chi connectivity index (χ1) is 8.79. The van der Waals surface area contributed by atoms with Gasteiger partial charge in [-0.2, -0.15) is 0 Å². The van der Waals surface area contributed by atoms with Crippen molar-refractivity contribution >= 4 is 15.9 Å². The fourth-order valence-corrected chi connectivity index (χ4v) is 3.14. The third-order valence-corrected chi connectivity index (χ3v) is 4.50. The largest absolute Gasteiger partial charge is 0.307 e. The van der Waals surface area contributed by atoms with Gasteiger partial charge in [-0.25, -0.2) is 0 Å². The molecule has 1 aromatic rings. The first-order valence-electron chi connectivity index (χ1n) is 7.31. The van der Waals surface area contributed by atoms with Crippen LogP contribution in [0.4, 0.5) is 0 Å². The summed E-state index contributed by atoms with van der Waals surface area (Å²) in [5.74, 6) is 0. The fraction of sp³-hybridized carbons (Fsp3) is 0.625. The smallest absolute Gasteiger partial charge is 0.0320 e. The average Bonchev–Trinajstić information content (AvgIpc) is 2.66. The van der Waals surface area contributed by atoms with Crippen LogP contribution in [-0.2, 0) is 0 Å². The summed E-state index contributed by atoms with van der Waals surface area (Å²) < 4.78 is 1.16. The Bertz CT molecular complexity index is 339. The number of hydrogen-bond acceptors (Lipinski definition) is 1. The molecule has 0 saturated heterocycles. The van der Waals surface area contributed by atoms with E-state index in [-0.39, 0.29) is 0 Å². The van der Waals surface area contributed by atoms with Crippen LogP contribution < -0.4 is 5.32 Å². The minimum atomic E-state index is 0.515. The van der Waals surface area contributed by atoms with Crippen LogP contribution >= 0.6 is 15.9 Å². The highest BCUT2D eigenvalue weighted by Gasteiger charge is 2.17. The van der Waals surface area contributed by atoms with Crippen molar-refractivity contribution in [2.75, 3.05) is 0 Å². The van der Waals surface area contributed by atoms with Gasteiger partial charge in [-0.15, -0.1) is 0 Å². The summed E-state index contributed by atoms with van der Waals surface area (Å²) >= 11 is 3.50. The van der Waals surface area contributed by atoms with Gasteiger partial charge < -0.3 is 5.32 Å². The van der Waals surface area contributed by atoms with Gasteiger partial charge in [0, 0.05) is 16.6 Å². The van der Waals surface area contributed by atoms with E-state index in [0.717, 1.165) is 16.9 Å². The van der Waals surface area contributed by atoms with Gasteiger partial charge in [0.2, 0.25) is 0 Å². The number of halogens is 1. The molecule has 1 aliphatic carbocycles. The quantitative estimate of drug-likeness (QED) is 0.753. The molecular weight excluding hydrogens is 286 g/mol. The second-order valence-electron chi connectivity index (χ2n) is 5.37. The van der Waals surface area contributed by atoms with Crippen molar-refractivity contribution in [2.24, 2.45) is 0 Å². The number of benzene rings is 1. The maximum Gasteiger partial charge on any atom is 0.0320 e. The Kier molecular flexibility index (Phi) is 5.71. The molecule has 0 radical (unpaired) electrons. The number of hydrogen-bond donors (Lipinski definition) is 1. The van der Waals surface area contributed by atoms with Gasteiger partial charge in [-0.1, -0.05) is 60.7 Å².